The van der Waals surface area contributed by atoms with E-state index in [9.17, 15) is 22.0 Å². The van der Waals surface area contributed by atoms with Crippen molar-refractivity contribution in [2.24, 2.45) is 0 Å². The zero-order valence-corrected chi connectivity index (χ0v) is 15.7. The molecular formula is C19H20F2N2O4S. The number of hydrogen-bond donors (Lipinski definition) is 1. The fourth-order valence-electron chi connectivity index (χ4n) is 3.08. The average molecular weight is 410 g/mol. The number of carbonyl (C=O) groups is 1. The lowest BCUT2D eigenvalue weighted by molar-refractivity contribution is -0.121. The van der Waals surface area contributed by atoms with E-state index in [2.05, 4.69) is 10.1 Å². The van der Waals surface area contributed by atoms with Crippen LogP contribution in [0.15, 0.2) is 54.6 Å². The second kappa shape index (κ2) is 8.66. The van der Waals surface area contributed by atoms with Crippen molar-refractivity contribution in [2.45, 2.75) is 12.7 Å². The van der Waals surface area contributed by atoms with Crippen LogP contribution in [0.4, 0.5) is 14.5 Å². The van der Waals surface area contributed by atoms with E-state index < -0.39 is 22.5 Å². The predicted molar refractivity (Wildman–Crippen MR) is 101 cm³/mol. The summed E-state index contributed by atoms with van der Waals surface area (Å²) in [4.78, 5) is 14.8. The van der Waals surface area contributed by atoms with Gasteiger partial charge >= 0.3 is 6.61 Å². The highest BCUT2D eigenvalue weighted by molar-refractivity contribution is 7.91. The molecule has 9 heteroatoms. The molecule has 150 valence electrons. The van der Waals surface area contributed by atoms with E-state index in [1.54, 1.807) is 0 Å². The Morgan fingerprint density at radius 3 is 2.18 bits per heavy atom. The van der Waals surface area contributed by atoms with Crippen molar-refractivity contribution in [3.8, 4) is 5.75 Å². The second-order valence-corrected chi connectivity index (χ2v) is 8.70. The Hall–Kier alpha value is -2.52. The molecule has 1 amide bonds. The van der Waals surface area contributed by atoms with Crippen molar-refractivity contribution >= 4 is 21.4 Å². The van der Waals surface area contributed by atoms with Crippen LogP contribution in [0.2, 0.25) is 0 Å². The van der Waals surface area contributed by atoms with Crippen molar-refractivity contribution in [1.82, 2.24) is 4.90 Å². The first kappa shape index (κ1) is 20.2. The molecule has 0 aromatic heterocycles. The molecule has 1 N–H and O–H groups in total. The van der Waals surface area contributed by atoms with E-state index in [0.29, 0.717) is 5.69 Å². The number of anilines is 1. The van der Waals surface area contributed by atoms with Crippen LogP contribution in [0.1, 0.15) is 11.6 Å². The number of nitrogens with one attached hydrogen (secondary N) is 1. The monoisotopic (exact) mass is 410 g/mol. The zero-order valence-electron chi connectivity index (χ0n) is 14.9. The molecule has 1 aliphatic heterocycles. The minimum absolute atomic E-state index is 0.00325. The van der Waals surface area contributed by atoms with Crippen LogP contribution < -0.4 is 10.1 Å². The summed E-state index contributed by atoms with van der Waals surface area (Å²) in [6, 6.07) is 14.0. The Morgan fingerprint density at radius 1 is 1.00 bits per heavy atom. The third-order valence-corrected chi connectivity index (χ3v) is 6.06. The average Bonchev–Trinajstić information content (AvgIpc) is 2.65. The van der Waals surface area contributed by atoms with Gasteiger partial charge in [0.25, 0.3) is 0 Å². The fourth-order valence-corrected chi connectivity index (χ4v) is 4.31. The third kappa shape index (κ3) is 5.26. The fraction of sp³-hybridized carbons (Fsp3) is 0.316. The zero-order chi connectivity index (χ0) is 20.1. The molecule has 1 atom stereocenters. The van der Waals surface area contributed by atoms with Gasteiger partial charge in [-0.2, -0.15) is 8.78 Å². The van der Waals surface area contributed by atoms with Crippen LogP contribution in [0.5, 0.6) is 5.75 Å². The van der Waals surface area contributed by atoms with Crippen LogP contribution in [-0.2, 0) is 14.6 Å². The van der Waals surface area contributed by atoms with Gasteiger partial charge in [-0.3, -0.25) is 9.69 Å². The Labute approximate surface area is 162 Å². The van der Waals surface area contributed by atoms with Crippen LogP contribution in [0.25, 0.3) is 0 Å². The Morgan fingerprint density at radius 2 is 1.61 bits per heavy atom. The highest BCUT2D eigenvalue weighted by atomic mass is 32.2. The lowest BCUT2D eigenvalue weighted by Gasteiger charge is -2.33. The number of ether oxygens (including phenoxy) is 1. The first-order valence-corrected chi connectivity index (χ1v) is 10.5. The van der Waals surface area contributed by atoms with E-state index in [-0.39, 0.29) is 36.3 Å². The van der Waals surface area contributed by atoms with Crippen molar-refractivity contribution in [2.75, 3.05) is 29.9 Å². The summed E-state index contributed by atoms with van der Waals surface area (Å²) in [5, 5.41) is 2.77. The van der Waals surface area contributed by atoms with Gasteiger partial charge in [0.15, 0.2) is 9.84 Å². The number of benzene rings is 2. The van der Waals surface area contributed by atoms with E-state index in [1.807, 2.05) is 35.2 Å². The van der Waals surface area contributed by atoms with Gasteiger partial charge in [-0.1, -0.05) is 30.3 Å². The molecule has 0 aliphatic carbocycles. The van der Waals surface area contributed by atoms with Crippen molar-refractivity contribution in [3.63, 3.8) is 0 Å². The van der Waals surface area contributed by atoms with Gasteiger partial charge in [0.05, 0.1) is 11.5 Å². The normalized spacial score (nSPS) is 17.8. The molecule has 1 unspecified atom stereocenters. The van der Waals surface area contributed by atoms with Crippen LogP contribution in [-0.4, -0.2) is 50.4 Å². The van der Waals surface area contributed by atoms with Crippen molar-refractivity contribution in [3.05, 3.63) is 60.2 Å². The number of rotatable bonds is 6. The predicted octanol–water partition coefficient (Wildman–Crippen LogP) is 2.70. The SMILES string of the molecule is O=C(Nc1ccc(OC(F)F)cc1)C(c1ccccc1)N1CCS(=O)(=O)CC1. The van der Waals surface area contributed by atoms with Gasteiger partial charge in [-0.25, -0.2) is 8.42 Å². The molecule has 2 aromatic rings. The summed E-state index contributed by atoms with van der Waals surface area (Å²) >= 11 is 0. The topological polar surface area (TPSA) is 75.7 Å². The molecule has 1 heterocycles. The first-order valence-electron chi connectivity index (χ1n) is 8.69. The molecule has 1 saturated heterocycles. The molecule has 2 aromatic carbocycles. The molecule has 0 bridgehead atoms. The molecule has 0 radical (unpaired) electrons. The van der Waals surface area contributed by atoms with Crippen molar-refractivity contribution in [1.29, 1.82) is 0 Å². The van der Waals surface area contributed by atoms with Gasteiger partial charge in [0.1, 0.15) is 11.8 Å². The minimum Gasteiger partial charge on any atom is -0.435 e. The maximum Gasteiger partial charge on any atom is 0.387 e. The third-order valence-electron chi connectivity index (χ3n) is 4.45. The summed E-state index contributed by atoms with van der Waals surface area (Å²) in [6.07, 6.45) is 0. The molecule has 6 nitrogen and oxygen atoms in total. The maximum absolute atomic E-state index is 13.0. The van der Waals surface area contributed by atoms with E-state index in [0.717, 1.165) is 5.56 Å². The van der Waals surface area contributed by atoms with Crippen LogP contribution in [0.3, 0.4) is 0 Å². The van der Waals surface area contributed by atoms with Gasteiger partial charge in [-0.15, -0.1) is 0 Å². The standard InChI is InChI=1S/C19H20F2N2O4S/c20-19(21)27-16-8-6-15(7-9-16)22-18(24)17(14-4-2-1-3-5-14)23-10-12-28(25,26)13-11-23/h1-9,17,19H,10-13H2,(H,22,24). The number of halogens is 2. The summed E-state index contributed by atoms with van der Waals surface area (Å²) in [5.41, 5.74) is 1.18. The lowest BCUT2D eigenvalue weighted by Crippen LogP contribution is -2.46. The summed E-state index contributed by atoms with van der Waals surface area (Å²) in [7, 11) is -3.08. The summed E-state index contributed by atoms with van der Waals surface area (Å²) in [6.45, 7) is -2.40. The first-order chi connectivity index (χ1) is 13.3. The quantitative estimate of drug-likeness (QED) is 0.793. The van der Waals surface area contributed by atoms with E-state index in [4.69, 9.17) is 0 Å². The Kier molecular flexibility index (Phi) is 6.25. The van der Waals surface area contributed by atoms with E-state index in [1.165, 1.54) is 24.3 Å². The number of carbonyl (C=O) groups excluding carboxylic acids is 1. The highest BCUT2D eigenvalue weighted by Gasteiger charge is 2.32. The van der Waals surface area contributed by atoms with Gasteiger partial charge < -0.3 is 10.1 Å². The number of nitrogens with zero attached hydrogens (tertiary/aromatic N) is 1. The summed E-state index contributed by atoms with van der Waals surface area (Å²) < 4.78 is 52.2. The lowest BCUT2D eigenvalue weighted by atomic mass is 10.0. The molecular weight excluding hydrogens is 390 g/mol. The second-order valence-electron chi connectivity index (χ2n) is 6.39. The number of sulfone groups is 1. The molecule has 3 rings (SSSR count). The van der Waals surface area contributed by atoms with Crippen molar-refractivity contribution < 1.29 is 26.7 Å². The molecule has 0 spiro atoms. The number of hydrogen-bond acceptors (Lipinski definition) is 5. The van der Waals surface area contributed by atoms with Crippen LogP contribution in [0, 0.1) is 0 Å². The number of amides is 1. The van der Waals surface area contributed by atoms with Crippen LogP contribution >= 0.6 is 0 Å². The summed E-state index contributed by atoms with van der Waals surface area (Å²) in [5.74, 6) is -0.325. The Bertz CT molecular complexity index is 891. The molecule has 1 aliphatic rings. The van der Waals surface area contributed by atoms with Gasteiger partial charge in [0.2, 0.25) is 5.91 Å². The molecule has 0 saturated carbocycles. The highest BCUT2D eigenvalue weighted by Crippen LogP contribution is 2.25. The minimum atomic E-state index is -3.08. The largest absolute Gasteiger partial charge is 0.435 e. The molecule has 28 heavy (non-hydrogen) atoms. The number of alkyl halides is 2. The van der Waals surface area contributed by atoms with Gasteiger partial charge in [0, 0.05) is 18.8 Å². The Balaban J connectivity index is 1.77. The van der Waals surface area contributed by atoms with E-state index >= 15 is 0 Å². The smallest absolute Gasteiger partial charge is 0.387 e. The molecule has 1 fully saturated rings. The van der Waals surface area contributed by atoms with Gasteiger partial charge in [-0.05, 0) is 29.8 Å². The maximum atomic E-state index is 13.0.